The van der Waals surface area contributed by atoms with Gasteiger partial charge in [-0.2, -0.15) is 0 Å². The molecule has 1 aromatic rings. The van der Waals surface area contributed by atoms with E-state index in [0.717, 1.165) is 32.7 Å². The Morgan fingerprint density at radius 1 is 1.14 bits per heavy atom. The summed E-state index contributed by atoms with van der Waals surface area (Å²) in [5.41, 5.74) is 1.24. The van der Waals surface area contributed by atoms with Crippen molar-refractivity contribution in [1.82, 2.24) is 9.80 Å². The first-order valence-corrected chi connectivity index (χ1v) is 7.87. The molecule has 0 N–H and O–H groups in total. The largest absolute Gasteiger partial charge is 0.340 e. The van der Waals surface area contributed by atoms with Crippen molar-refractivity contribution >= 4 is 12.0 Å². The third-order valence-electron chi connectivity index (χ3n) is 3.78. The quantitative estimate of drug-likeness (QED) is 0.831. The van der Waals surface area contributed by atoms with Crippen molar-refractivity contribution in [1.29, 1.82) is 0 Å². The normalized spacial score (nSPS) is 16.8. The highest BCUT2D eigenvalue weighted by Gasteiger charge is 2.20. The van der Waals surface area contributed by atoms with E-state index in [4.69, 9.17) is 0 Å². The van der Waals surface area contributed by atoms with Crippen LogP contribution in [0.4, 0.5) is 0 Å². The SMILES string of the molecule is CC(C)CC(=O)N1CCN(C/C=C/c2ccccc2)CC1. The van der Waals surface area contributed by atoms with Gasteiger partial charge in [-0.1, -0.05) is 56.3 Å². The summed E-state index contributed by atoms with van der Waals surface area (Å²) in [6.07, 6.45) is 5.05. The molecule has 2 rings (SSSR count). The molecular weight excluding hydrogens is 260 g/mol. The summed E-state index contributed by atoms with van der Waals surface area (Å²) in [7, 11) is 0. The van der Waals surface area contributed by atoms with Gasteiger partial charge in [0.25, 0.3) is 0 Å². The summed E-state index contributed by atoms with van der Waals surface area (Å²) in [5, 5.41) is 0. The van der Waals surface area contributed by atoms with Gasteiger partial charge in [0.2, 0.25) is 5.91 Å². The molecule has 1 heterocycles. The number of nitrogens with zero attached hydrogens (tertiary/aromatic N) is 2. The summed E-state index contributed by atoms with van der Waals surface area (Å²) in [6, 6.07) is 10.4. The molecular formula is C18H26N2O. The minimum atomic E-state index is 0.310. The molecule has 21 heavy (non-hydrogen) atoms. The molecule has 1 saturated heterocycles. The van der Waals surface area contributed by atoms with Crippen LogP contribution in [0.3, 0.4) is 0 Å². The molecule has 3 nitrogen and oxygen atoms in total. The second-order valence-corrected chi connectivity index (χ2v) is 6.09. The summed E-state index contributed by atoms with van der Waals surface area (Å²) < 4.78 is 0. The Morgan fingerprint density at radius 2 is 1.81 bits per heavy atom. The molecule has 1 fully saturated rings. The molecule has 0 spiro atoms. The summed E-state index contributed by atoms with van der Waals surface area (Å²) in [4.78, 5) is 16.4. The van der Waals surface area contributed by atoms with Crippen LogP contribution in [0.2, 0.25) is 0 Å². The number of hydrogen-bond donors (Lipinski definition) is 0. The van der Waals surface area contributed by atoms with E-state index in [1.165, 1.54) is 5.56 Å². The van der Waals surface area contributed by atoms with Gasteiger partial charge in [0.05, 0.1) is 0 Å². The third kappa shape index (κ3) is 5.35. The molecule has 0 atom stereocenters. The first-order valence-electron chi connectivity index (χ1n) is 7.87. The lowest BCUT2D eigenvalue weighted by Crippen LogP contribution is -2.48. The molecule has 0 saturated carbocycles. The van der Waals surface area contributed by atoms with Gasteiger partial charge in [-0.15, -0.1) is 0 Å². The molecule has 1 aromatic carbocycles. The van der Waals surface area contributed by atoms with Crippen LogP contribution in [-0.4, -0.2) is 48.4 Å². The van der Waals surface area contributed by atoms with Crippen molar-refractivity contribution in [2.75, 3.05) is 32.7 Å². The second kappa shape index (κ2) is 7.99. The van der Waals surface area contributed by atoms with E-state index in [2.05, 4.69) is 55.2 Å². The number of rotatable bonds is 5. The monoisotopic (exact) mass is 286 g/mol. The van der Waals surface area contributed by atoms with Crippen LogP contribution in [0, 0.1) is 5.92 Å². The van der Waals surface area contributed by atoms with Gasteiger partial charge >= 0.3 is 0 Å². The fourth-order valence-corrected chi connectivity index (χ4v) is 2.56. The molecule has 0 bridgehead atoms. The van der Waals surface area contributed by atoms with Gasteiger partial charge < -0.3 is 4.90 Å². The zero-order valence-corrected chi connectivity index (χ0v) is 13.2. The van der Waals surface area contributed by atoms with Gasteiger partial charge in [0, 0.05) is 39.1 Å². The topological polar surface area (TPSA) is 23.6 Å². The van der Waals surface area contributed by atoms with E-state index in [-0.39, 0.29) is 0 Å². The Balaban J connectivity index is 1.72. The fourth-order valence-electron chi connectivity index (χ4n) is 2.56. The van der Waals surface area contributed by atoms with E-state index < -0.39 is 0 Å². The highest BCUT2D eigenvalue weighted by atomic mass is 16.2. The fraction of sp³-hybridized carbons (Fsp3) is 0.500. The number of hydrogen-bond acceptors (Lipinski definition) is 2. The zero-order valence-electron chi connectivity index (χ0n) is 13.2. The van der Waals surface area contributed by atoms with Gasteiger partial charge in [0.1, 0.15) is 0 Å². The third-order valence-corrected chi connectivity index (χ3v) is 3.78. The van der Waals surface area contributed by atoms with Gasteiger partial charge in [0.15, 0.2) is 0 Å². The lowest BCUT2D eigenvalue weighted by atomic mass is 10.1. The predicted molar refractivity (Wildman–Crippen MR) is 88.0 cm³/mol. The number of piperazine rings is 1. The first kappa shape index (κ1) is 15.8. The maximum absolute atomic E-state index is 12.0. The van der Waals surface area contributed by atoms with Crippen LogP contribution < -0.4 is 0 Å². The van der Waals surface area contributed by atoms with E-state index in [1.807, 2.05) is 11.0 Å². The van der Waals surface area contributed by atoms with Crippen molar-refractivity contribution in [2.45, 2.75) is 20.3 Å². The maximum atomic E-state index is 12.0. The van der Waals surface area contributed by atoms with E-state index in [1.54, 1.807) is 0 Å². The summed E-state index contributed by atoms with van der Waals surface area (Å²) in [6.45, 7) is 8.84. The van der Waals surface area contributed by atoms with Crippen LogP contribution in [0.15, 0.2) is 36.4 Å². The molecule has 3 heteroatoms. The predicted octanol–water partition coefficient (Wildman–Crippen LogP) is 2.89. The van der Waals surface area contributed by atoms with Crippen molar-refractivity contribution in [3.8, 4) is 0 Å². The number of benzene rings is 1. The molecule has 1 aliphatic rings. The smallest absolute Gasteiger partial charge is 0.222 e. The van der Waals surface area contributed by atoms with Crippen LogP contribution in [-0.2, 0) is 4.79 Å². The molecule has 1 amide bonds. The molecule has 0 aliphatic carbocycles. The van der Waals surface area contributed by atoms with E-state index in [9.17, 15) is 4.79 Å². The Hall–Kier alpha value is -1.61. The Morgan fingerprint density at radius 3 is 2.43 bits per heavy atom. The van der Waals surface area contributed by atoms with E-state index in [0.29, 0.717) is 18.2 Å². The van der Waals surface area contributed by atoms with Crippen LogP contribution in [0.25, 0.3) is 6.08 Å². The average molecular weight is 286 g/mol. The van der Waals surface area contributed by atoms with Gasteiger partial charge in [-0.25, -0.2) is 0 Å². The summed E-state index contributed by atoms with van der Waals surface area (Å²) >= 11 is 0. The first-order chi connectivity index (χ1) is 10.1. The molecule has 1 aliphatic heterocycles. The molecule has 0 unspecified atom stereocenters. The second-order valence-electron chi connectivity index (χ2n) is 6.09. The minimum absolute atomic E-state index is 0.310. The Kier molecular flexibility index (Phi) is 6.00. The van der Waals surface area contributed by atoms with Crippen molar-refractivity contribution in [3.63, 3.8) is 0 Å². The highest BCUT2D eigenvalue weighted by Crippen LogP contribution is 2.08. The van der Waals surface area contributed by atoms with Crippen molar-refractivity contribution < 1.29 is 4.79 Å². The lowest BCUT2D eigenvalue weighted by Gasteiger charge is -2.34. The zero-order chi connectivity index (χ0) is 15.1. The van der Waals surface area contributed by atoms with Crippen molar-refractivity contribution in [3.05, 3.63) is 42.0 Å². The van der Waals surface area contributed by atoms with Crippen molar-refractivity contribution in [2.24, 2.45) is 5.92 Å². The maximum Gasteiger partial charge on any atom is 0.222 e. The number of carbonyl (C=O) groups excluding carboxylic acids is 1. The Labute approximate surface area is 128 Å². The van der Waals surface area contributed by atoms with Gasteiger partial charge in [-0.05, 0) is 11.5 Å². The van der Waals surface area contributed by atoms with Gasteiger partial charge in [-0.3, -0.25) is 9.69 Å². The van der Waals surface area contributed by atoms with Crippen LogP contribution in [0.1, 0.15) is 25.8 Å². The average Bonchev–Trinajstić information content (AvgIpc) is 2.48. The van der Waals surface area contributed by atoms with Crippen LogP contribution >= 0.6 is 0 Å². The molecule has 0 radical (unpaired) electrons. The summed E-state index contributed by atoms with van der Waals surface area (Å²) in [5.74, 6) is 0.758. The molecule has 0 aromatic heterocycles. The Bertz CT molecular complexity index is 459. The minimum Gasteiger partial charge on any atom is -0.340 e. The number of carbonyl (C=O) groups is 1. The molecule has 114 valence electrons. The highest BCUT2D eigenvalue weighted by molar-refractivity contribution is 5.76. The van der Waals surface area contributed by atoms with E-state index >= 15 is 0 Å². The lowest BCUT2D eigenvalue weighted by molar-refractivity contribution is -0.133. The van der Waals surface area contributed by atoms with Crippen LogP contribution in [0.5, 0.6) is 0 Å². The number of amides is 1. The standard InChI is InChI=1S/C18H26N2O/c1-16(2)15-18(21)20-13-11-19(12-14-20)10-6-9-17-7-4-3-5-8-17/h3-9,16H,10-15H2,1-2H3/b9-6+.